The summed E-state index contributed by atoms with van der Waals surface area (Å²) in [5, 5.41) is 0. The zero-order valence-electron chi connectivity index (χ0n) is 11.0. The Morgan fingerprint density at radius 2 is 1.67 bits per heavy atom. The van der Waals surface area contributed by atoms with E-state index in [0.29, 0.717) is 12.5 Å². The van der Waals surface area contributed by atoms with Crippen LogP contribution in [0.3, 0.4) is 0 Å². The van der Waals surface area contributed by atoms with Crippen LogP contribution >= 0.6 is 12.4 Å². The van der Waals surface area contributed by atoms with E-state index in [1.54, 1.807) is 14.2 Å². The molecule has 1 aliphatic rings. The number of nitrogens with zero attached hydrogens (tertiary/aromatic N) is 1. The van der Waals surface area contributed by atoms with E-state index in [9.17, 15) is 0 Å². The van der Waals surface area contributed by atoms with Crippen LogP contribution in [0.15, 0.2) is 23.2 Å². The third-order valence-corrected chi connectivity index (χ3v) is 2.56. The van der Waals surface area contributed by atoms with Crippen LogP contribution in [0, 0.1) is 0 Å². The first-order chi connectivity index (χ1) is 8.04. The molecule has 1 aliphatic heterocycles. The number of methoxy groups -OCH3 is 2. The summed E-state index contributed by atoms with van der Waals surface area (Å²) in [6.45, 7) is 4.68. The van der Waals surface area contributed by atoms with Gasteiger partial charge in [0.15, 0.2) is 0 Å². The lowest BCUT2D eigenvalue weighted by Gasteiger charge is -2.08. The third-order valence-electron chi connectivity index (χ3n) is 2.56. The van der Waals surface area contributed by atoms with Gasteiger partial charge in [0.25, 0.3) is 0 Å². The number of hydrogen-bond acceptors (Lipinski definition) is 4. The number of aliphatic imine (C=N–C) groups is 1. The highest BCUT2D eigenvalue weighted by Gasteiger charge is 2.27. The van der Waals surface area contributed by atoms with E-state index in [-0.39, 0.29) is 17.9 Å². The maximum Gasteiger partial charge on any atom is 0.217 e. The number of rotatable bonds is 3. The molecule has 18 heavy (non-hydrogen) atoms. The van der Waals surface area contributed by atoms with Gasteiger partial charge in [-0.15, -0.1) is 12.4 Å². The maximum absolute atomic E-state index is 5.59. The molecule has 0 saturated carbocycles. The van der Waals surface area contributed by atoms with Gasteiger partial charge in [0.05, 0.1) is 19.8 Å². The minimum Gasteiger partial charge on any atom is -0.497 e. The second kappa shape index (κ2) is 5.48. The van der Waals surface area contributed by atoms with E-state index < -0.39 is 0 Å². The Morgan fingerprint density at radius 1 is 1.11 bits per heavy atom. The summed E-state index contributed by atoms with van der Waals surface area (Å²) in [7, 11) is 3.25. The summed E-state index contributed by atoms with van der Waals surface area (Å²) in [6, 6.07) is 5.61. The molecule has 0 aliphatic carbocycles. The van der Waals surface area contributed by atoms with Crippen LogP contribution in [0.1, 0.15) is 19.4 Å². The Bertz CT molecular complexity index is 435. The van der Waals surface area contributed by atoms with E-state index in [0.717, 1.165) is 17.1 Å². The van der Waals surface area contributed by atoms with Crippen LogP contribution in [0.25, 0.3) is 0 Å². The molecule has 0 radical (unpaired) electrons. The molecule has 0 atom stereocenters. The molecule has 1 aromatic rings. The Kier molecular flexibility index (Phi) is 4.46. The monoisotopic (exact) mass is 271 g/mol. The first kappa shape index (κ1) is 14.6. The van der Waals surface area contributed by atoms with Gasteiger partial charge < -0.3 is 14.2 Å². The van der Waals surface area contributed by atoms with E-state index in [1.165, 1.54) is 0 Å². The smallest absolute Gasteiger partial charge is 0.217 e. The second-order valence-corrected chi connectivity index (χ2v) is 4.62. The molecule has 4 nitrogen and oxygen atoms in total. The molecule has 0 spiro atoms. The van der Waals surface area contributed by atoms with E-state index in [1.807, 2.05) is 32.0 Å². The van der Waals surface area contributed by atoms with Crippen molar-refractivity contribution in [2.24, 2.45) is 4.99 Å². The largest absolute Gasteiger partial charge is 0.497 e. The third kappa shape index (κ3) is 3.07. The highest BCUT2D eigenvalue weighted by molar-refractivity contribution is 5.96. The molecule has 0 saturated heterocycles. The van der Waals surface area contributed by atoms with Crippen LogP contribution in [-0.4, -0.2) is 32.3 Å². The Morgan fingerprint density at radius 3 is 2.06 bits per heavy atom. The number of hydrogen-bond donors (Lipinski definition) is 0. The van der Waals surface area contributed by atoms with Crippen molar-refractivity contribution in [3.8, 4) is 11.5 Å². The lowest BCUT2D eigenvalue weighted by Crippen LogP contribution is -2.17. The molecule has 5 heteroatoms. The van der Waals surface area contributed by atoms with Gasteiger partial charge in [-0.3, -0.25) is 0 Å². The van der Waals surface area contributed by atoms with Gasteiger partial charge in [-0.2, -0.15) is 0 Å². The molecule has 0 fully saturated rings. The van der Waals surface area contributed by atoms with E-state index in [4.69, 9.17) is 14.2 Å². The predicted molar refractivity (Wildman–Crippen MR) is 73.4 cm³/mol. The lowest BCUT2D eigenvalue weighted by atomic mass is 10.1. The molecular formula is C13H18ClNO3. The van der Waals surface area contributed by atoms with Gasteiger partial charge in [0.2, 0.25) is 5.90 Å². The fraction of sp³-hybridized carbons (Fsp3) is 0.462. The standard InChI is InChI=1S/C13H17NO3.ClH/c1-13(2)8-17-12(14-13)9-5-10(15-3)7-11(6-9)16-4;/h5-7H,8H2,1-4H3;1H. The highest BCUT2D eigenvalue weighted by Crippen LogP contribution is 2.27. The highest BCUT2D eigenvalue weighted by atomic mass is 35.5. The van der Waals surface area contributed by atoms with E-state index in [2.05, 4.69) is 4.99 Å². The summed E-state index contributed by atoms with van der Waals surface area (Å²) in [6.07, 6.45) is 0. The van der Waals surface area contributed by atoms with Gasteiger partial charge in [0, 0.05) is 11.6 Å². The fourth-order valence-corrected chi connectivity index (χ4v) is 1.66. The molecule has 0 bridgehead atoms. The molecule has 0 unspecified atom stereocenters. The molecule has 0 aromatic heterocycles. The average molecular weight is 272 g/mol. The summed E-state index contributed by atoms with van der Waals surface area (Å²) >= 11 is 0. The number of ether oxygens (including phenoxy) is 3. The minimum atomic E-state index is -0.161. The van der Waals surface area contributed by atoms with Crippen molar-refractivity contribution in [3.05, 3.63) is 23.8 Å². The first-order valence-electron chi connectivity index (χ1n) is 5.50. The van der Waals surface area contributed by atoms with Crippen LogP contribution in [0.4, 0.5) is 0 Å². The predicted octanol–water partition coefficient (Wildman–Crippen LogP) is 2.68. The van der Waals surface area contributed by atoms with Crippen molar-refractivity contribution in [1.82, 2.24) is 0 Å². The van der Waals surface area contributed by atoms with Crippen molar-refractivity contribution < 1.29 is 14.2 Å². The average Bonchev–Trinajstić information content (AvgIpc) is 2.69. The first-order valence-corrected chi connectivity index (χ1v) is 5.50. The SMILES string of the molecule is COc1cc(OC)cc(C2=NC(C)(C)CO2)c1.Cl. The van der Waals surface area contributed by atoms with Gasteiger partial charge in [-0.05, 0) is 26.0 Å². The van der Waals surface area contributed by atoms with E-state index >= 15 is 0 Å². The summed E-state index contributed by atoms with van der Waals surface area (Å²) in [4.78, 5) is 4.52. The molecule has 1 aromatic carbocycles. The van der Waals surface area contributed by atoms with Gasteiger partial charge in [-0.25, -0.2) is 4.99 Å². The summed E-state index contributed by atoms with van der Waals surface area (Å²) in [5.41, 5.74) is 0.720. The van der Waals surface area contributed by atoms with Crippen LogP contribution < -0.4 is 9.47 Å². The molecule has 0 amide bonds. The zero-order chi connectivity index (χ0) is 12.5. The molecular weight excluding hydrogens is 254 g/mol. The molecule has 1 heterocycles. The molecule has 100 valence electrons. The quantitative estimate of drug-likeness (QED) is 0.849. The molecule has 2 rings (SSSR count). The van der Waals surface area contributed by atoms with Crippen LogP contribution in [0.5, 0.6) is 11.5 Å². The summed E-state index contributed by atoms with van der Waals surface area (Å²) in [5.74, 6) is 2.11. The van der Waals surface area contributed by atoms with Gasteiger partial charge in [0.1, 0.15) is 18.1 Å². The van der Waals surface area contributed by atoms with Crippen LogP contribution in [0.2, 0.25) is 0 Å². The Labute approximate surface area is 113 Å². The second-order valence-electron chi connectivity index (χ2n) is 4.62. The van der Waals surface area contributed by atoms with Crippen molar-refractivity contribution in [3.63, 3.8) is 0 Å². The zero-order valence-corrected chi connectivity index (χ0v) is 11.8. The summed E-state index contributed by atoms with van der Waals surface area (Å²) < 4.78 is 16.0. The normalized spacial score (nSPS) is 16.3. The molecule has 0 N–H and O–H groups in total. The van der Waals surface area contributed by atoms with Crippen LogP contribution in [-0.2, 0) is 4.74 Å². The fourth-order valence-electron chi connectivity index (χ4n) is 1.66. The minimum absolute atomic E-state index is 0. The van der Waals surface area contributed by atoms with Crippen molar-refractivity contribution in [2.45, 2.75) is 19.4 Å². The Hall–Kier alpha value is -1.42. The number of benzene rings is 1. The van der Waals surface area contributed by atoms with Crippen molar-refractivity contribution >= 4 is 18.3 Å². The Balaban J connectivity index is 0.00000162. The number of halogens is 1. The lowest BCUT2D eigenvalue weighted by molar-refractivity contribution is 0.279. The van der Waals surface area contributed by atoms with Gasteiger partial charge >= 0.3 is 0 Å². The maximum atomic E-state index is 5.59. The topological polar surface area (TPSA) is 40.0 Å². The van der Waals surface area contributed by atoms with Crippen molar-refractivity contribution in [2.75, 3.05) is 20.8 Å². The van der Waals surface area contributed by atoms with Crippen molar-refractivity contribution in [1.29, 1.82) is 0 Å². The van der Waals surface area contributed by atoms with Gasteiger partial charge in [-0.1, -0.05) is 0 Å².